The van der Waals surface area contributed by atoms with Crippen molar-refractivity contribution in [1.29, 1.82) is 5.26 Å². The van der Waals surface area contributed by atoms with E-state index in [1.54, 1.807) is 18.1 Å². The Kier molecular flexibility index (Phi) is 4.37. The summed E-state index contributed by atoms with van der Waals surface area (Å²) in [7, 11) is 0. The van der Waals surface area contributed by atoms with Gasteiger partial charge in [-0.2, -0.15) is 9.64 Å². The van der Waals surface area contributed by atoms with Gasteiger partial charge in [-0.05, 0) is 43.8 Å². The van der Waals surface area contributed by atoms with Crippen LogP contribution in [0.15, 0.2) is 10.7 Å². The molecule has 1 saturated carbocycles. The number of nitriles is 1. The molecule has 4 nitrogen and oxygen atoms in total. The molecular weight excluding hydrogens is 252 g/mol. The van der Waals surface area contributed by atoms with E-state index < -0.39 is 0 Å². The molecule has 1 fully saturated rings. The second kappa shape index (κ2) is 5.80. The van der Waals surface area contributed by atoms with Crippen molar-refractivity contribution in [3.05, 3.63) is 6.33 Å². The van der Waals surface area contributed by atoms with Gasteiger partial charge in [-0.3, -0.25) is 5.32 Å². The molecule has 6 heteroatoms. The van der Waals surface area contributed by atoms with Crippen molar-refractivity contribution in [1.82, 2.24) is 14.7 Å². The van der Waals surface area contributed by atoms with E-state index in [1.807, 2.05) is 0 Å². The van der Waals surface area contributed by atoms with Crippen molar-refractivity contribution in [2.75, 3.05) is 6.54 Å². The van der Waals surface area contributed by atoms with Crippen LogP contribution in [0.5, 0.6) is 0 Å². The van der Waals surface area contributed by atoms with E-state index in [0.29, 0.717) is 5.25 Å². The largest absolute Gasteiger partial charge is 0.299 e. The molecule has 0 aliphatic heterocycles. The molecule has 0 aromatic carbocycles. The van der Waals surface area contributed by atoms with Crippen LogP contribution in [0.4, 0.5) is 0 Å². The molecule has 2 rings (SSSR count). The summed E-state index contributed by atoms with van der Waals surface area (Å²) in [6.45, 7) is 3.05. The Morgan fingerprint density at radius 2 is 2.65 bits per heavy atom. The Morgan fingerprint density at radius 1 is 1.76 bits per heavy atom. The molecule has 1 heterocycles. The van der Waals surface area contributed by atoms with Crippen molar-refractivity contribution >= 4 is 23.3 Å². The molecule has 0 spiro atoms. The highest BCUT2D eigenvalue weighted by Gasteiger charge is 2.39. The fraction of sp³-hybridized carbons (Fsp3) is 0.727. The summed E-state index contributed by atoms with van der Waals surface area (Å²) in [5.41, 5.74) is -0.307. The van der Waals surface area contributed by atoms with Crippen LogP contribution in [0.1, 0.15) is 32.6 Å². The Morgan fingerprint density at radius 3 is 3.29 bits per heavy atom. The topological polar surface area (TPSA) is 61.6 Å². The minimum absolute atomic E-state index is 0.307. The number of aromatic nitrogens is 2. The van der Waals surface area contributed by atoms with E-state index in [0.717, 1.165) is 36.6 Å². The zero-order valence-corrected chi connectivity index (χ0v) is 11.5. The number of rotatable bonds is 5. The van der Waals surface area contributed by atoms with Crippen molar-refractivity contribution < 1.29 is 0 Å². The molecule has 92 valence electrons. The smallest absolute Gasteiger partial charge is 0.170 e. The first kappa shape index (κ1) is 12.8. The third-order valence-corrected chi connectivity index (χ3v) is 5.02. The van der Waals surface area contributed by atoms with Gasteiger partial charge < -0.3 is 0 Å². The number of nitrogens with zero attached hydrogens (tertiary/aromatic N) is 3. The van der Waals surface area contributed by atoms with Crippen molar-refractivity contribution in [2.45, 2.75) is 47.7 Å². The quantitative estimate of drug-likeness (QED) is 0.888. The average molecular weight is 268 g/mol. The number of hydrogen-bond donors (Lipinski definition) is 1. The lowest BCUT2D eigenvalue weighted by atomic mass is 10.00. The van der Waals surface area contributed by atoms with Gasteiger partial charge in [0.05, 0.1) is 6.07 Å². The van der Waals surface area contributed by atoms with Crippen molar-refractivity contribution in [2.24, 2.45) is 0 Å². The van der Waals surface area contributed by atoms with Gasteiger partial charge in [0.1, 0.15) is 11.9 Å². The minimum Gasteiger partial charge on any atom is -0.299 e. The van der Waals surface area contributed by atoms with E-state index in [2.05, 4.69) is 27.7 Å². The fourth-order valence-electron chi connectivity index (χ4n) is 2.12. The molecule has 1 N–H and O–H groups in total. The van der Waals surface area contributed by atoms with Crippen molar-refractivity contribution in [3.63, 3.8) is 0 Å². The first-order valence-corrected chi connectivity index (χ1v) is 7.53. The molecule has 2 unspecified atom stereocenters. The summed E-state index contributed by atoms with van der Waals surface area (Å²) in [6.07, 6.45) is 5.59. The van der Waals surface area contributed by atoms with Crippen LogP contribution in [0.2, 0.25) is 0 Å². The highest BCUT2D eigenvalue weighted by atomic mass is 32.2. The summed E-state index contributed by atoms with van der Waals surface area (Å²) < 4.78 is 5.01. The molecule has 0 amide bonds. The first-order chi connectivity index (χ1) is 8.28. The summed E-state index contributed by atoms with van der Waals surface area (Å²) in [6, 6.07) is 2.46. The molecule has 1 aliphatic carbocycles. The van der Waals surface area contributed by atoms with Gasteiger partial charge in [0.15, 0.2) is 4.34 Å². The SMILES string of the molecule is CCCNC1(C#N)CCC(Sc2ncns2)C1. The fourth-order valence-corrected chi connectivity index (χ4v) is 4.11. The Bertz CT molecular complexity index is 387. The molecule has 0 bridgehead atoms. The highest BCUT2D eigenvalue weighted by Crippen LogP contribution is 2.40. The maximum absolute atomic E-state index is 9.34. The van der Waals surface area contributed by atoms with Gasteiger partial charge in [0.2, 0.25) is 0 Å². The van der Waals surface area contributed by atoms with Gasteiger partial charge >= 0.3 is 0 Å². The maximum Gasteiger partial charge on any atom is 0.170 e. The summed E-state index contributed by atoms with van der Waals surface area (Å²) in [5, 5.41) is 13.2. The lowest BCUT2D eigenvalue weighted by Gasteiger charge is -2.22. The molecule has 0 radical (unpaired) electrons. The highest BCUT2D eigenvalue weighted by molar-refractivity contribution is 8.01. The van der Waals surface area contributed by atoms with Crippen LogP contribution in [0.3, 0.4) is 0 Å². The van der Waals surface area contributed by atoms with Gasteiger partial charge in [-0.25, -0.2) is 4.98 Å². The van der Waals surface area contributed by atoms with Crippen LogP contribution in [0, 0.1) is 11.3 Å². The van der Waals surface area contributed by atoms with Gasteiger partial charge in [-0.15, -0.1) is 0 Å². The number of thioether (sulfide) groups is 1. The van der Waals surface area contributed by atoms with Crippen LogP contribution in [0.25, 0.3) is 0 Å². The Balaban J connectivity index is 1.91. The molecule has 2 atom stereocenters. The monoisotopic (exact) mass is 268 g/mol. The van der Waals surface area contributed by atoms with E-state index >= 15 is 0 Å². The molecular formula is C11H16N4S2. The van der Waals surface area contributed by atoms with E-state index in [1.165, 1.54) is 11.5 Å². The van der Waals surface area contributed by atoms with Crippen LogP contribution in [-0.2, 0) is 0 Å². The minimum atomic E-state index is -0.307. The van der Waals surface area contributed by atoms with Gasteiger partial charge in [0, 0.05) is 5.25 Å². The summed E-state index contributed by atoms with van der Waals surface area (Å²) >= 11 is 3.20. The Labute approximate surface area is 110 Å². The summed E-state index contributed by atoms with van der Waals surface area (Å²) in [4.78, 5) is 4.18. The summed E-state index contributed by atoms with van der Waals surface area (Å²) in [5.74, 6) is 0. The molecule has 1 aromatic rings. The third-order valence-electron chi connectivity index (χ3n) is 3.01. The Hall–Kier alpha value is -0.640. The van der Waals surface area contributed by atoms with E-state index in [9.17, 15) is 5.26 Å². The second-order valence-corrected chi connectivity index (χ2v) is 6.64. The predicted molar refractivity (Wildman–Crippen MR) is 70.0 cm³/mol. The van der Waals surface area contributed by atoms with Crippen LogP contribution < -0.4 is 5.32 Å². The van der Waals surface area contributed by atoms with Crippen LogP contribution in [-0.4, -0.2) is 26.7 Å². The zero-order valence-electron chi connectivity index (χ0n) is 9.85. The molecule has 1 aromatic heterocycles. The van der Waals surface area contributed by atoms with Gasteiger partial charge in [-0.1, -0.05) is 18.7 Å². The number of hydrogen-bond acceptors (Lipinski definition) is 6. The van der Waals surface area contributed by atoms with E-state index in [-0.39, 0.29) is 5.54 Å². The molecule has 1 aliphatic rings. The lowest BCUT2D eigenvalue weighted by molar-refractivity contribution is 0.424. The van der Waals surface area contributed by atoms with Crippen molar-refractivity contribution in [3.8, 4) is 6.07 Å². The van der Waals surface area contributed by atoms with Crippen LogP contribution >= 0.6 is 23.3 Å². The first-order valence-electron chi connectivity index (χ1n) is 5.87. The predicted octanol–water partition coefficient (Wildman–Crippen LogP) is 2.44. The maximum atomic E-state index is 9.34. The normalized spacial score (nSPS) is 28.1. The van der Waals surface area contributed by atoms with Gasteiger partial charge in [0.25, 0.3) is 0 Å². The molecule has 0 saturated heterocycles. The standard InChI is InChI=1S/C11H16N4S2/c1-2-5-14-11(7-12)4-3-9(6-11)16-10-13-8-15-17-10/h8-9,14H,2-6H2,1H3. The lowest BCUT2D eigenvalue weighted by Crippen LogP contribution is -2.42. The zero-order chi connectivity index (χ0) is 12.1. The van der Waals surface area contributed by atoms with E-state index in [4.69, 9.17) is 0 Å². The second-order valence-electron chi connectivity index (χ2n) is 4.31. The average Bonchev–Trinajstić information content (AvgIpc) is 2.98. The number of nitrogens with one attached hydrogen (secondary N) is 1. The third kappa shape index (κ3) is 3.18. The molecule has 17 heavy (non-hydrogen) atoms.